The monoisotopic (exact) mass is 319 g/mol. The van der Waals surface area contributed by atoms with Crippen molar-refractivity contribution >= 4 is 32.7 Å². The molecule has 0 radical (unpaired) electrons. The second-order valence-electron chi connectivity index (χ2n) is 3.81. The molecule has 0 aliphatic rings. The van der Waals surface area contributed by atoms with Gasteiger partial charge in [-0.2, -0.15) is 0 Å². The van der Waals surface area contributed by atoms with Crippen molar-refractivity contribution in [3.05, 3.63) is 70.2 Å². The van der Waals surface area contributed by atoms with E-state index in [9.17, 15) is 0 Å². The Kier molecular flexibility index (Phi) is 5.02. The van der Waals surface area contributed by atoms with Crippen LogP contribution in [0.25, 0.3) is 0 Å². The molecule has 18 heavy (non-hydrogen) atoms. The average molecular weight is 320 g/mol. The van der Waals surface area contributed by atoms with Crippen LogP contribution in [0.15, 0.2) is 64.1 Å². The number of benzene rings is 2. The van der Waals surface area contributed by atoms with E-state index in [-0.39, 0.29) is 0 Å². The molecular formula is C15H14BrNS. The van der Waals surface area contributed by atoms with Gasteiger partial charge in [0.25, 0.3) is 0 Å². The van der Waals surface area contributed by atoms with Gasteiger partial charge >= 0.3 is 0 Å². The molecule has 2 rings (SSSR count). The summed E-state index contributed by atoms with van der Waals surface area (Å²) in [7, 11) is 1.84. The minimum Gasteiger partial charge on any atom is -0.281 e. The first kappa shape index (κ1) is 13.4. The predicted molar refractivity (Wildman–Crippen MR) is 84.3 cm³/mol. The van der Waals surface area contributed by atoms with Gasteiger partial charge in [0.1, 0.15) is 0 Å². The van der Waals surface area contributed by atoms with Gasteiger partial charge in [0.05, 0.1) is 5.04 Å². The topological polar surface area (TPSA) is 12.4 Å². The summed E-state index contributed by atoms with van der Waals surface area (Å²) in [6.07, 6.45) is 0. The lowest BCUT2D eigenvalue weighted by molar-refractivity contribution is 1.41. The third-order valence-corrected chi connectivity index (χ3v) is 4.21. The van der Waals surface area contributed by atoms with Crippen molar-refractivity contribution in [2.24, 2.45) is 4.99 Å². The van der Waals surface area contributed by atoms with Crippen molar-refractivity contribution in [3.8, 4) is 0 Å². The molecule has 0 aromatic heterocycles. The fourth-order valence-electron chi connectivity index (χ4n) is 1.60. The molecule has 0 fully saturated rings. The first-order chi connectivity index (χ1) is 8.79. The molecule has 2 aromatic rings. The predicted octanol–water partition coefficient (Wildman–Crippen LogP) is 4.76. The molecule has 0 N–H and O–H groups in total. The summed E-state index contributed by atoms with van der Waals surface area (Å²) in [4.78, 5) is 4.37. The number of aliphatic imine (C=N–C) groups is 1. The zero-order valence-corrected chi connectivity index (χ0v) is 12.5. The quantitative estimate of drug-likeness (QED) is 0.587. The van der Waals surface area contributed by atoms with Crippen molar-refractivity contribution in [3.63, 3.8) is 0 Å². The van der Waals surface area contributed by atoms with Crippen molar-refractivity contribution in [2.75, 3.05) is 7.05 Å². The Hall–Kier alpha value is -1.06. The third-order valence-electron chi connectivity index (χ3n) is 2.51. The van der Waals surface area contributed by atoms with E-state index in [2.05, 4.69) is 57.3 Å². The standard InChI is InChI=1S/C15H14BrNS/c1-17-15(13-7-9-14(16)10-8-13)18-11-12-5-3-2-4-6-12/h2-10H,11H2,1H3. The normalized spacial score (nSPS) is 11.6. The molecule has 0 spiro atoms. The highest BCUT2D eigenvalue weighted by Gasteiger charge is 2.04. The minimum absolute atomic E-state index is 0.948. The highest BCUT2D eigenvalue weighted by atomic mass is 79.9. The average Bonchev–Trinajstić information content (AvgIpc) is 2.42. The molecule has 0 aliphatic carbocycles. The van der Waals surface area contributed by atoms with Crippen LogP contribution in [0.4, 0.5) is 0 Å². The molecular weight excluding hydrogens is 306 g/mol. The summed E-state index contributed by atoms with van der Waals surface area (Å²) in [5.74, 6) is 0.948. The van der Waals surface area contributed by atoms with Crippen LogP contribution in [0.2, 0.25) is 0 Å². The van der Waals surface area contributed by atoms with Crippen LogP contribution >= 0.6 is 27.7 Å². The molecule has 3 heteroatoms. The molecule has 0 unspecified atom stereocenters. The van der Waals surface area contributed by atoms with Crippen LogP contribution in [-0.2, 0) is 5.75 Å². The fraction of sp³-hybridized carbons (Fsp3) is 0.133. The van der Waals surface area contributed by atoms with Gasteiger partial charge in [-0.15, -0.1) is 11.8 Å². The second-order valence-corrected chi connectivity index (χ2v) is 5.69. The van der Waals surface area contributed by atoms with Crippen molar-refractivity contribution in [2.45, 2.75) is 5.75 Å². The smallest absolute Gasteiger partial charge is 0.0976 e. The Morgan fingerprint density at radius 2 is 1.72 bits per heavy atom. The molecule has 2 aromatic carbocycles. The van der Waals surface area contributed by atoms with Gasteiger partial charge in [0, 0.05) is 22.8 Å². The van der Waals surface area contributed by atoms with E-state index in [1.807, 2.05) is 25.2 Å². The van der Waals surface area contributed by atoms with E-state index in [0.29, 0.717) is 0 Å². The first-order valence-corrected chi connectivity index (χ1v) is 7.47. The number of rotatable bonds is 3. The van der Waals surface area contributed by atoms with Gasteiger partial charge in [-0.05, 0) is 17.7 Å². The molecule has 0 saturated carbocycles. The zero-order valence-electron chi connectivity index (χ0n) is 10.1. The molecule has 92 valence electrons. The maximum Gasteiger partial charge on any atom is 0.0976 e. The van der Waals surface area contributed by atoms with Gasteiger partial charge in [-0.1, -0.05) is 58.4 Å². The van der Waals surface area contributed by atoms with Crippen molar-refractivity contribution in [1.82, 2.24) is 0 Å². The van der Waals surface area contributed by atoms with E-state index in [1.165, 1.54) is 11.1 Å². The van der Waals surface area contributed by atoms with Crippen LogP contribution in [0, 0.1) is 0 Å². The lowest BCUT2D eigenvalue weighted by atomic mass is 10.2. The lowest BCUT2D eigenvalue weighted by Crippen LogP contribution is -1.96. The van der Waals surface area contributed by atoms with Crippen molar-refractivity contribution in [1.29, 1.82) is 0 Å². The van der Waals surface area contributed by atoms with Crippen molar-refractivity contribution < 1.29 is 0 Å². The number of hydrogen-bond acceptors (Lipinski definition) is 2. The summed E-state index contributed by atoms with van der Waals surface area (Å²) < 4.78 is 1.09. The van der Waals surface area contributed by atoms with Crippen LogP contribution in [0.1, 0.15) is 11.1 Å². The summed E-state index contributed by atoms with van der Waals surface area (Å²) in [6, 6.07) is 18.7. The minimum atomic E-state index is 0.948. The lowest BCUT2D eigenvalue weighted by Gasteiger charge is -2.06. The number of thioether (sulfide) groups is 1. The molecule has 0 aliphatic heterocycles. The highest BCUT2D eigenvalue weighted by molar-refractivity contribution is 9.10. The van der Waals surface area contributed by atoms with E-state index in [4.69, 9.17) is 0 Å². The van der Waals surface area contributed by atoms with Gasteiger partial charge < -0.3 is 0 Å². The number of nitrogens with zero attached hydrogens (tertiary/aromatic N) is 1. The van der Waals surface area contributed by atoms with Gasteiger partial charge in [0.15, 0.2) is 0 Å². The molecule has 0 bridgehead atoms. The summed E-state index contributed by atoms with van der Waals surface area (Å²) in [5, 5.41) is 1.08. The Morgan fingerprint density at radius 3 is 2.33 bits per heavy atom. The van der Waals surface area contributed by atoms with Crippen LogP contribution < -0.4 is 0 Å². The molecule has 0 heterocycles. The summed E-state index contributed by atoms with van der Waals surface area (Å²) in [5.41, 5.74) is 2.49. The van der Waals surface area contributed by atoms with Gasteiger partial charge in [-0.3, -0.25) is 4.99 Å². The second kappa shape index (κ2) is 6.76. The fourth-order valence-corrected chi connectivity index (χ4v) is 2.79. The van der Waals surface area contributed by atoms with E-state index < -0.39 is 0 Å². The Labute approximate surface area is 120 Å². The van der Waals surface area contributed by atoms with Crippen LogP contribution in [0.3, 0.4) is 0 Å². The SMILES string of the molecule is CN=C(SCc1ccccc1)c1ccc(Br)cc1. The largest absolute Gasteiger partial charge is 0.281 e. The van der Waals surface area contributed by atoms with Gasteiger partial charge in [0.2, 0.25) is 0 Å². The molecule has 0 atom stereocenters. The maximum atomic E-state index is 4.37. The van der Waals surface area contributed by atoms with E-state index in [1.54, 1.807) is 11.8 Å². The maximum absolute atomic E-state index is 4.37. The summed E-state index contributed by atoms with van der Waals surface area (Å²) in [6.45, 7) is 0. The van der Waals surface area contributed by atoms with Crippen LogP contribution in [0.5, 0.6) is 0 Å². The Bertz CT molecular complexity index is 520. The Balaban J connectivity index is 2.05. The van der Waals surface area contributed by atoms with E-state index in [0.717, 1.165) is 15.3 Å². The third kappa shape index (κ3) is 3.72. The molecule has 1 nitrogen and oxygen atoms in total. The van der Waals surface area contributed by atoms with Gasteiger partial charge in [-0.25, -0.2) is 0 Å². The number of hydrogen-bond donors (Lipinski definition) is 0. The van der Waals surface area contributed by atoms with Crippen LogP contribution in [-0.4, -0.2) is 12.1 Å². The number of halogens is 1. The van der Waals surface area contributed by atoms with E-state index >= 15 is 0 Å². The first-order valence-electron chi connectivity index (χ1n) is 5.69. The molecule has 0 saturated heterocycles. The summed E-state index contributed by atoms with van der Waals surface area (Å²) >= 11 is 5.21. The Morgan fingerprint density at radius 1 is 1.06 bits per heavy atom. The highest BCUT2D eigenvalue weighted by Crippen LogP contribution is 2.20. The molecule has 0 amide bonds. The zero-order chi connectivity index (χ0) is 12.8.